The highest BCUT2D eigenvalue weighted by Gasteiger charge is 2.26. The minimum atomic E-state index is 0.605. The van der Waals surface area contributed by atoms with E-state index in [1.165, 1.54) is 54.2 Å². The number of thiophene rings is 1. The van der Waals surface area contributed by atoms with Crippen LogP contribution in [0.3, 0.4) is 0 Å². The van der Waals surface area contributed by atoms with Crippen molar-refractivity contribution in [2.24, 2.45) is 0 Å². The second kappa shape index (κ2) is 14.8. The predicted octanol–water partition coefficient (Wildman–Crippen LogP) is 17.5. The van der Waals surface area contributed by atoms with E-state index in [9.17, 15) is 0 Å². The van der Waals surface area contributed by atoms with Gasteiger partial charge in [-0.15, -0.1) is 11.3 Å². The first-order chi connectivity index (χ1) is 32.2. The zero-order valence-electron chi connectivity index (χ0n) is 35.1. The van der Waals surface area contributed by atoms with Crippen LogP contribution in [0.4, 0.5) is 5.69 Å². The minimum absolute atomic E-state index is 0.605. The lowest BCUT2D eigenvalue weighted by atomic mass is 10.0. The van der Waals surface area contributed by atoms with Crippen molar-refractivity contribution in [3.05, 3.63) is 236 Å². The van der Waals surface area contributed by atoms with Crippen LogP contribution in [0, 0.1) is 6.57 Å². The Hall–Kier alpha value is -8.49. The van der Waals surface area contributed by atoms with Crippen molar-refractivity contribution >= 4 is 80.8 Å². The van der Waals surface area contributed by atoms with E-state index in [-0.39, 0.29) is 0 Å². The molecule has 3 nitrogen and oxygen atoms in total. The molecule has 0 atom stereocenters. The highest BCUT2D eigenvalue weighted by atomic mass is 32.1. The van der Waals surface area contributed by atoms with Gasteiger partial charge in [-0.05, 0) is 105 Å². The van der Waals surface area contributed by atoms with Crippen molar-refractivity contribution in [1.29, 1.82) is 0 Å². The first-order valence-corrected chi connectivity index (χ1v) is 22.8. The number of nitrogens with zero attached hydrogens (tertiary/aromatic N) is 3. The molecule has 0 aliphatic rings. The molecule has 0 aliphatic heterocycles. The molecule has 0 saturated heterocycles. The van der Waals surface area contributed by atoms with Crippen LogP contribution in [0.15, 0.2) is 224 Å². The van der Waals surface area contributed by atoms with Gasteiger partial charge in [0, 0.05) is 42.7 Å². The molecule has 4 heteroatoms. The summed E-state index contributed by atoms with van der Waals surface area (Å²) < 4.78 is 7.06. The van der Waals surface area contributed by atoms with Crippen molar-refractivity contribution in [2.75, 3.05) is 0 Å². The SMILES string of the molecule is [C-]#[N+]c1cc(-n2c3ccc(-c4ccccc4)cc3c3cc(-c4ccccc4)ccc32)c2c(sc3ccccc32)c1-n1c2ccc(-c3ccccc3)cc2c2cc(-c3ccccc3)ccc21. The number of fused-ring (bicyclic) bond motifs is 9. The van der Waals surface area contributed by atoms with Gasteiger partial charge in [0.2, 0.25) is 5.69 Å². The van der Waals surface area contributed by atoms with Gasteiger partial charge in [0.1, 0.15) is 0 Å². The molecule has 0 N–H and O–H groups in total. The maximum absolute atomic E-state index is 9.01. The van der Waals surface area contributed by atoms with Crippen LogP contribution in [0.1, 0.15) is 0 Å². The lowest BCUT2D eigenvalue weighted by molar-refractivity contribution is 1.18. The second-order valence-corrected chi connectivity index (χ2v) is 17.8. The van der Waals surface area contributed by atoms with E-state index in [0.29, 0.717) is 5.69 Å². The fraction of sp³-hybridized carbons (Fsp3) is 0. The molecule has 0 radical (unpaired) electrons. The van der Waals surface area contributed by atoms with Crippen LogP contribution in [-0.4, -0.2) is 9.13 Å². The summed E-state index contributed by atoms with van der Waals surface area (Å²) in [5, 5.41) is 6.97. The molecule has 10 aromatic carbocycles. The molecule has 3 aromatic heterocycles. The monoisotopic (exact) mass is 843 g/mol. The maximum Gasteiger partial charge on any atom is 0.214 e. The van der Waals surface area contributed by atoms with E-state index in [2.05, 4.69) is 238 Å². The smallest absolute Gasteiger partial charge is 0.214 e. The molecular formula is C61H37N3S. The maximum atomic E-state index is 9.01. The van der Waals surface area contributed by atoms with Gasteiger partial charge in [0.25, 0.3) is 0 Å². The van der Waals surface area contributed by atoms with Gasteiger partial charge in [-0.25, -0.2) is 4.85 Å². The van der Waals surface area contributed by atoms with Gasteiger partial charge < -0.3 is 9.13 Å². The lowest BCUT2D eigenvalue weighted by Gasteiger charge is -2.17. The Bertz CT molecular complexity index is 3850. The van der Waals surface area contributed by atoms with Gasteiger partial charge in [0.15, 0.2) is 0 Å². The van der Waals surface area contributed by atoms with E-state index < -0.39 is 0 Å². The fourth-order valence-corrected chi connectivity index (χ4v) is 11.4. The van der Waals surface area contributed by atoms with E-state index in [0.717, 1.165) is 65.4 Å². The molecular weight excluding hydrogens is 807 g/mol. The summed E-state index contributed by atoms with van der Waals surface area (Å²) in [6, 6.07) is 80.7. The summed E-state index contributed by atoms with van der Waals surface area (Å²) in [5.41, 5.74) is 16.2. The van der Waals surface area contributed by atoms with Crippen LogP contribution < -0.4 is 0 Å². The molecule has 0 saturated carbocycles. The molecule has 13 rings (SSSR count). The van der Waals surface area contributed by atoms with Crippen LogP contribution in [-0.2, 0) is 0 Å². The van der Waals surface area contributed by atoms with Gasteiger partial charge in [-0.1, -0.05) is 164 Å². The van der Waals surface area contributed by atoms with Gasteiger partial charge in [-0.2, -0.15) is 0 Å². The molecule has 0 fully saturated rings. The van der Waals surface area contributed by atoms with E-state index in [4.69, 9.17) is 6.57 Å². The first kappa shape index (κ1) is 37.1. The Morgan fingerprint density at radius 3 is 1.11 bits per heavy atom. The molecule has 0 unspecified atom stereocenters. The molecule has 3 heterocycles. The summed E-state index contributed by atoms with van der Waals surface area (Å²) >= 11 is 1.78. The van der Waals surface area contributed by atoms with Crippen LogP contribution in [0.5, 0.6) is 0 Å². The molecule has 302 valence electrons. The van der Waals surface area contributed by atoms with Crippen molar-refractivity contribution in [3.63, 3.8) is 0 Å². The summed E-state index contributed by atoms with van der Waals surface area (Å²) in [4.78, 5) is 4.45. The Kier molecular flexibility index (Phi) is 8.46. The Balaban J connectivity index is 1.13. The number of hydrogen-bond acceptors (Lipinski definition) is 1. The quantitative estimate of drug-likeness (QED) is 0.148. The summed E-state index contributed by atoms with van der Waals surface area (Å²) in [5.74, 6) is 0. The van der Waals surface area contributed by atoms with Crippen LogP contribution in [0.2, 0.25) is 0 Å². The fourth-order valence-electron chi connectivity index (χ4n) is 10.1. The molecule has 65 heavy (non-hydrogen) atoms. The molecule has 13 aromatic rings. The van der Waals surface area contributed by atoms with Crippen molar-refractivity contribution in [1.82, 2.24) is 9.13 Å². The van der Waals surface area contributed by atoms with Crippen molar-refractivity contribution in [3.8, 4) is 55.9 Å². The zero-order chi connectivity index (χ0) is 43.0. The van der Waals surface area contributed by atoms with Crippen molar-refractivity contribution < 1.29 is 0 Å². The van der Waals surface area contributed by atoms with Gasteiger partial charge in [-0.3, -0.25) is 0 Å². The Morgan fingerprint density at radius 1 is 0.338 bits per heavy atom. The largest absolute Gasteiger partial charge is 0.318 e. The third-order valence-corrected chi connectivity index (χ3v) is 14.3. The summed E-state index contributed by atoms with van der Waals surface area (Å²) in [6.07, 6.45) is 0. The topological polar surface area (TPSA) is 14.2 Å². The van der Waals surface area contributed by atoms with Crippen molar-refractivity contribution in [2.45, 2.75) is 0 Å². The highest BCUT2D eigenvalue weighted by Crippen LogP contribution is 2.50. The summed E-state index contributed by atoms with van der Waals surface area (Å²) in [6.45, 7) is 9.01. The summed E-state index contributed by atoms with van der Waals surface area (Å²) in [7, 11) is 0. The van der Waals surface area contributed by atoms with E-state index in [1.54, 1.807) is 11.3 Å². The molecule has 0 bridgehead atoms. The zero-order valence-corrected chi connectivity index (χ0v) is 35.9. The highest BCUT2D eigenvalue weighted by molar-refractivity contribution is 7.26. The van der Waals surface area contributed by atoms with E-state index in [1.807, 2.05) is 0 Å². The standard InChI is InChI=1S/C61H37N3S/c1-62-52-38-57(63-53-30-26-43(39-16-6-2-7-17-39)34-48(53)49-35-44(27-31-54(49)63)40-18-8-3-9-19-40)59-47-24-14-15-25-58(47)65-61(59)60(52)64-55-32-28-45(41-20-10-4-11-21-41)36-50(55)51-37-46(29-33-56(51)64)42-22-12-5-13-23-42/h2-38H. The number of benzene rings is 10. The normalized spacial score (nSPS) is 11.7. The molecule has 0 aliphatic carbocycles. The van der Waals surface area contributed by atoms with Gasteiger partial charge in [0.05, 0.1) is 39.0 Å². The average molecular weight is 844 g/mol. The number of rotatable bonds is 6. The molecule has 0 amide bonds. The predicted molar refractivity (Wildman–Crippen MR) is 276 cm³/mol. The second-order valence-electron chi connectivity index (χ2n) is 16.7. The lowest BCUT2D eigenvalue weighted by Crippen LogP contribution is -2.00. The Labute approximate surface area is 379 Å². The van der Waals surface area contributed by atoms with E-state index >= 15 is 0 Å². The third kappa shape index (κ3) is 5.87. The first-order valence-electron chi connectivity index (χ1n) is 21.9. The minimum Gasteiger partial charge on any atom is -0.318 e. The van der Waals surface area contributed by atoms with Crippen LogP contribution >= 0.6 is 11.3 Å². The third-order valence-electron chi connectivity index (χ3n) is 13.1. The Morgan fingerprint density at radius 2 is 0.708 bits per heavy atom. The number of aromatic nitrogens is 2. The van der Waals surface area contributed by atoms with Gasteiger partial charge >= 0.3 is 0 Å². The van der Waals surface area contributed by atoms with Crippen LogP contribution in [0.25, 0.3) is 125 Å². The molecule has 0 spiro atoms. The number of hydrogen-bond donors (Lipinski definition) is 0. The average Bonchev–Trinajstić information content (AvgIpc) is 4.04.